The molecule has 2 aromatic heterocycles. The highest BCUT2D eigenvalue weighted by atomic mass is 32.2. The number of amides is 2. The molecule has 1 unspecified atom stereocenters. The van der Waals surface area contributed by atoms with Crippen LogP contribution in [0.5, 0.6) is 0 Å². The van der Waals surface area contributed by atoms with E-state index in [0.29, 0.717) is 43.1 Å². The number of sulfonamides is 1. The van der Waals surface area contributed by atoms with Crippen LogP contribution in [0, 0.1) is 19.8 Å². The molecule has 12 heteroatoms. The Kier molecular flexibility index (Phi) is 8.37. The Morgan fingerprint density at radius 1 is 1.14 bits per heavy atom. The van der Waals surface area contributed by atoms with Crippen molar-refractivity contribution in [1.29, 1.82) is 0 Å². The first-order valence-corrected chi connectivity index (χ1v) is 14.6. The number of nitrogens with one attached hydrogen (secondary N) is 2. The summed E-state index contributed by atoms with van der Waals surface area (Å²) >= 11 is 0. The molecule has 0 radical (unpaired) electrons. The van der Waals surface area contributed by atoms with Crippen molar-refractivity contribution in [1.82, 2.24) is 29.9 Å². The molecule has 2 bridgehead atoms. The van der Waals surface area contributed by atoms with E-state index in [1.54, 1.807) is 13.8 Å². The van der Waals surface area contributed by atoms with Crippen molar-refractivity contribution in [2.75, 3.05) is 19.6 Å². The zero-order valence-electron chi connectivity index (χ0n) is 22.2. The van der Waals surface area contributed by atoms with E-state index < -0.39 is 10.0 Å². The summed E-state index contributed by atoms with van der Waals surface area (Å²) in [6.07, 6.45) is 4.08. The summed E-state index contributed by atoms with van der Waals surface area (Å²) in [6.45, 7) is 8.92. The van der Waals surface area contributed by atoms with Gasteiger partial charge >= 0.3 is 0 Å². The van der Waals surface area contributed by atoms with E-state index in [9.17, 15) is 18.0 Å². The lowest BCUT2D eigenvalue weighted by Crippen LogP contribution is -2.40. The van der Waals surface area contributed by atoms with Crippen molar-refractivity contribution in [3.8, 4) is 0 Å². The van der Waals surface area contributed by atoms with Crippen LogP contribution in [0.25, 0.3) is 0 Å². The van der Waals surface area contributed by atoms with Crippen LogP contribution < -0.4 is 10.6 Å². The molecule has 1 aliphatic heterocycles. The van der Waals surface area contributed by atoms with Crippen LogP contribution in [0.1, 0.15) is 79.2 Å². The largest absolute Gasteiger partial charge is 0.360 e. The smallest absolute Gasteiger partial charge is 0.272 e. The molecule has 2 amide bonds. The van der Waals surface area contributed by atoms with Crippen molar-refractivity contribution in [3.05, 3.63) is 28.4 Å². The summed E-state index contributed by atoms with van der Waals surface area (Å²) in [5, 5.41) is 14.5. The Morgan fingerprint density at radius 2 is 1.89 bits per heavy atom. The summed E-state index contributed by atoms with van der Waals surface area (Å²) in [7, 11) is -3.87. The molecule has 0 fully saturated rings. The molecular weight excluding hydrogens is 496 g/mol. The van der Waals surface area contributed by atoms with Gasteiger partial charge in [0.2, 0.25) is 15.9 Å². The van der Waals surface area contributed by atoms with E-state index in [0.717, 1.165) is 37.1 Å². The number of aromatic nitrogens is 3. The van der Waals surface area contributed by atoms with Gasteiger partial charge in [-0.2, -0.15) is 9.40 Å². The standard InChI is InChI=1S/C25H38N6O5S/c1-16(2)10-14-31-21-9-8-19-15-20(21)23(28-31)25(33)26-11-6-13-30(12-5-7-22(32)27-19)37(34,35)24-17(3)29-36-18(24)4/h16,19H,5-15H2,1-4H3,(H,26,33)(H,27,32). The van der Waals surface area contributed by atoms with Crippen molar-refractivity contribution in [2.45, 2.75) is 90.1 Å². The molecule has 0 saturated carbocycles. The molecule has 11 nitrogen and oxygen atoms in total. The number of aryl methyl sites for hydroxylation is 3. The van der Waals surface area contributed by atoms with E-state index in [-0.39, 0.29) is 48.0 Å². The first kappa shape index (κ1) is 27.3. The van der Waals surface area contributed by atoms with Gasteiger partial charge in [0, 0.05) is 49.9 Å². The van der Waals surface area contributed by atoms with Gasteiger partial charge in [0.1, 0.15) is 10.6 Å². The number of hydrogen-bond donors (Lipinski definition) is 2. The highest BCUT2D eigenvalue weighted by Gasteiger charge is 2.32. The molecule has 1 atom stereocenters. The fourth-order valence-electron chi connectivity index (χ4n) is 5.14. The van der Waals surface area contributed by atoms with Gasteiger partial charge in [-0.3, -0.25) is 14.3 Å². The molecule has 0 spiro atoms. The minimum absolute atomic E-state index is 0.0639. The second-order valence-corrected chi connectivity index (χ2v) is 12.3. The minimum Gasteiger partial charge on any atom is -0.360 e. The van der Waals surface area contributed by atoms with Crippen molar-refractivity contribution < 1.29 is 22.5 Å². The average Bonchev–Trinajstić information content (AvgIpc) is 3.37. The maximum absolute atomic E-state index is 13.4. The van der Waals surface area contributed by atoms with Crippen LogP contribution in [-0.4, -0.2) is 65.2 Å². The normalized spacial score (nSPS) is 20.3. The summed E-state index contributed by atoms with van der Waals surface area (Å²) in [5.41, 5.74) is 2.71. The molecule has 0 saturated heterocycles. The first-order valence-electron chi connectivity index (χ1n) is 13.2. The summed E-state index contributed by atoms with van der Waals surface area (Å²) < 4.78 is 35.3. The Hall–Kier alpha value is -2.73. The molecule has 0 aromatic carbocycles. The molecule has 204 valence electrons. The third-order valence-electron chi connectivity index (χ3n) is 7.09. The Morgan fingerprint density at radius 3 is 2.59 bits per heavy atom. The Bertz CT molecular complexity index is 1230. The fourth-order valence-corrected chi connectivity index (χ4v) is 6.95. The van der Waals surface area contributed by atoms with Crippen LogP contribution in [0.2, 0.25) is 0 Å². The fraction of sp³-hybridized carbons (Fsp3) is 0.680. The van der Waals surface area contributed by atoms with Crippen LogP contribution in [0.15, 0.2) is 9.42 Å². The van der Waals surface area contributed by atoms with Crippen molar-refractivity contribution in [3.63, 3.8) is 0 Å². The lowest BCUT2D eigenvalue weighted by atomic mass is 9.91. The lowest BCUT2D eigenvalue weighted by molar-refractivity contribution is -0.122. The maximum Gasteiger partial charge on any atom is 0.272 e. The molecule has 2 N–H and O–H groups in total. The van der Waals surface area contributed by atoms with Gasteiger partial charge in [0.25, 0.3) is 5.91 Å². The highest BCUT2D eigenvalue weighted by Crippen LogP contribution is 2.27. The van der Waals surface area contributed by atoms with Gasteiger partial charge in [-0.1, -0.05) is 19.0 Å². The number of fused-ring (bicyclic) bond motifs is 1. The van der Waals surface area contributed by atoms with Gasteiger partial charge in [-0.15, -0.1) is 0 Å². The Balaban J connectivity index is 1.57. The third kappa shape index (κ3) is 6.06. The lowest BCUT2D eigenvalue weighted by Gasteiger charge is -2.25. The van der Waals surface area contributed by atoms with E-state index in [4.69, 9.17) is 4.52 Å². The molecule has 37 heavy (non-hydrogen) atoms. The molecule has 1 aliphatic carbocycles. The van der Waals surface area contributed by atoms with E-state index in [1.165, 1.54) is 4.31 Å². The average molecular weight is 535 g/mol. The molecule has 2 aliphatic rings. The second kappa shape index (κ2) is 11.3. The zero-order chi connectivity index (χ0) is 26.7. The predicted octanol–water partition coefficient (Wildman–Crippen LogP) is 2.11. The third-order valence-corrected chi connectivity index (χ3v) is 9.24. The van der Waals surface area contributed by atoms with Crippen LogP contribution in [0.4, 0.5) is 0 Å². The van der Waals surface area contributed by atoms with Crippen LogP contribution >= 0.6 is 0 Å². The number of rotatable bonds is 5. The molecule has 4 rings (SSSR count). The summed E-state index contributed by atoms with van der Waals surface area (Å²) in [4.78, 5) is 26.0. The van der Waals surface area contributed by atoms with Gasteiger partial charge in [0.15, 0.2) is 11.5 Å². The number of carbonyl (C=O) groups excluding carboxylic acids is 2. The highest BCUT2D eigenvalue weighted by molar-refractivity contribution is 7.89. The first-order chi connectivity index (χ1) is 17.6. The topological polar surface area (TPSA) is 139 Å². The van der Waals surface area contributed by atoms with Crippen molar-refractivity contribution >= 4 is 21.8 Å². The molecular formula is C25H38N6O5S. The second-order valence-electron chi connectivity index (χ2n) is 10.5. The number of nitrogens with zero attached hydrogens (tertiary/aromatic N) is 4. The number of hydrogen-bond acceptors (Lipinski definition) is 7. The summed E-state index contributed by atoms with van der Waals surface area (Å²) in [6, 6.07) is -0.0819. The van der Waals surface area contributed by atoms with E-state index in [2.05, 4.69) is 34.7 Å². The monoisotopic (exact) mass is 534 g/mol. The molecule has 2 aromatic rings. The van der Waals surface area contributed by atoms with Crippen LogP contribution in [-0.2, 0) is 34.2 Å². The molecule has 3 heterocycles. The van der Waals surface area contributed by atoms with Gasteiger partial charge in [0.05, 0.1) is 0 Å². The van der Waals surface area contributed by atoms with Crippen molar-refractivity contribution in [2.24, 2.45) is 5.92 Å². The van der Waals surface area contributed by atoms with E-state index >= 15 is 0 Å². The zero-order valence-corrected chi connectivity index (χ0v) is 23.0. The minimum atomic E-state index is -3.87. The van der Waals surface area contributed by atoms with Gasteiger partial charge in [-0.25, -0.2) is 8.42 Å². The Labute approximate surface area is 218 Å². The maximum atomic E-state index is 13.4. The quantitative estimate of drug-likeness (QED) is 0.599. The summed E-state index contributed by atoms with van der Waals surface area (Å²) in [5.74, 6) is 0.373. The number of carbonyl (C=O) groups is 2. The van der Waals surface area contributed by atoms with E-state index in [1.807, 2.05) is 4.68 Å². The van der Waals surface area contributed by atoms with Crippen LogP contribution in [0.3, 0.4) is 0 Å². The predicted molar refractivity (Wildman–Crippen MR) is 137 cm³/mol. The SMILES string of the molecule is Cc1noc(C)c1S(=O)(=O)N1CCCNC(=O)c2nn(CCC(C)C)c3c2CC(CC3)NC(=O)CCC1. The van der Waals surface area contributed by atoms with Gasteiger partial charge in [-0.05, 0) is 58.3 Å². The van der Waals surface area contributed by atoms with Gasteiger partial charge < -0.3 is 15.2 Å².